The highest BCUT2D eigenvalue weighted by Crippen LogP contribution is 2.32. The molecular formula is C26H30FN3O3S. The molecule has 0 saturated carbocycles. The van der Waals surface area contributed by atoms with Crippen LogP contribution in [0.15, 0.2) is 54.9 Å². The number of carbonyl (C=O) groups is 1. The highest BCUT2D eigenvalue weighted by Gasteiger charge is 2.24. The SMILES string of the molecule is C.CC.Cc1ccc(NS(C)(=O)=O)c(F)c1C(=O)c1c[nH]c2ncc(-c3ccccc3)c(C)c12. The van der Waals surface area contributed by atoms with Crippen LogP contribution in [0.4, 0.5) is 10.1 Å². The lowest BCUT2D eigenvalue weighted by atomic mass is 9.94. The molecule has 2 heterocycles. The lowest BCUT2D eigenvalue weighted by molar-refractivity contribution is 0.103. The topological polar surface area (TPSA) is 91.9 Å². The number of rotatable bonds is 5. The van der Waals surface area contributed by atoms with E-state index in [1.54, 1.807) is 13.1 Å². The lowest BCUT2D eigenvalue weighted by Crippen LogP contribution is -2.14. The first-order valence-corrected chi connectivity index (χ1v) is 12.4. The summed E-state index contributed by atoms with van der Waals surface area (Å²) in [6, 6.07) is 12.5. The van der Waals surface area contributed by atoms with Gasteiger partial charge in [-0.3, -0.25) is 9.52 Å². The molecule has 0 aliphatic carbocycles. The van der Waals surface area contributed by atoms with E-state index in [9.17, 15) is 13.2 Å². The van der Waals surface area contributed by atoms with Gasteiger partial charge < -0.3 is 4.98 Å². The van der Waals surface area contributed by atoms with Crippen molar-refractivity contribution in [3.8, 4) is 11.1 Å². The van der Waals surface area contributed by atoms with Gasteiger partial charge in [0.2, 0.25) is 10.0 Å². The van der Waals surface area contributed by atoms with Crippen molar-refractivity contribution in [2.45, 2.75) is 35.1 Å². The summed E-state index contributed by atoms with van der Waals surface area (Å²) in [5.41, 5.74) is 3.41. The number of halogens is 1. The molecule has 0 radical (unpaired) electrons. The molecule has 0 atom stereocenters. The number of anilines is 1. The highest BCUT2D eigenvalue weighted by atomic mass is 32.2. The molecule has 8 heteroatoms. The van der Waals surface area contributed by atoms with E-state index >= 15 is 4.39 Å². The Morgan fingerprint density at radius 2 is 1.71 bits per heavy atom. The molecular weight excluding hydrogens is 453 g/mol. The zero-order valence-electron chi connectivity index (χ0n) is 19.2. The molecule has 0 aliphatic rings. The van der Waals surface area contributed by atoms with Crippen molar-refractivity contribution in [1.82, 2.24) is 9.97 Å². The summed E-state index contributed by atoms with van der Waals surface area (Å²) >= 11 is 0. The van der Waals surface area contributed by atoms with Crippen LogP contribution in [0.25, 0.3) is 22.2 Å². The molecule has 0 spiro atoms. The highest BCUT2D eigenvalue weighted by molar-refractivity contribution is 7.92. The van der Waals surface area contributed by atoms with E-state index in [1.807, 2.05) is 51.1 Å². The average molecular weight is 484 g/mol. The van der Waals surface area contributed by atoms with Crippen molar-refractivity contribution >= 4 is 32.5 Å². The molecule has 2 N–H and O–H groups in total. The number of fused-ring (bicyclic) bond motifs is 1. The summed E-state index contributed by atoms with van der Waals surface area (Å²) in [4.78, 5) is 20.8. The van der Waals surface area contributed by atoms with Crippen LogP contribution in [-0.4, -0.2) is 30.4 Å². The van der Waals surface area contributed by atoms with Crippen molar-refractivity contribution in [3.05, 3.63) is 82.9 Å². The predicted molar refractivity (Wildman–Crippen MR) is 137 cm³/mol. The molecule has 6 nitrogen and oxygen atoms in total. The predicted octanol–water partition coefficient (Wildman–Crippen LogP) is 6.25. The maximum atomic E-state index is 15.2. The van der Waals surface area contributed by atoms with Gasteiger partial charge in [0, 0.05) is 28.9 Å². The quantitative estimate of drug-likeness (QED) is 0.328. The number of carbonyl (C=O) groups excluding carboxylic acids is 1. The van der Waals surface area contributed by atoms with E-state index in [4.69, 9.17) is 0 Å². The van der Waals surface area contributed by atoms with E-state index in [0.717, 1.165) is 22.9 Å². The number of sulfonamides is 1. The molecule has 4 rings (SSSR count). The minimum absolute atomic E-state index is 0. The molecule has 34 heavy (non-hydrogen) atoms. The number of pyridine rings is 1. The van der Waals surface area contributed by atoms with E-state index in [0.29, 0.717) is 16.6 Å². The number of H-pyrrole nitrogens is 1. The maximum Gasteiger partial charge on any atom is 0.229 e. The first kappa shape index (κ1) is 26.7. The number of hydrogen-bond acceptors (Lipinski definition) is 4. The van der Waals surface area contributed by atoms with Crippen LogP contribution in [0.1, 0.15) is 48.3 Å². The Morgan fingerprint density at radius 3 is 2.32 bits per heavy atom. The number of nitrogens with one attached hydrogen (secondary N) is 2. The zero-order chi connectivity index (χ0) is 24.3. The number of benzene rings is 2. The van der Waals surface area contributed by atoms with Crippen LogP contribution in [0.2, 0.25) is 0 Å². The molecule has 0 aliphatic heterocycles. The van der Waals surface area contributed by atoms with Crippen molar-refractivity contribution in [2.75, 3.05) is 11.0 Å². The third-order valence-electron chi connectivity index (χ3n) is 5.16. The van der Waals surface area contributed by atoms with E-state index in [1.165, 1.54) is 18.3 Å². The van der Waals surface area contributed by atoms with Crippen LogP contribution in [0.3, 0.4) is 0 Å². The van der Waals surface area contributed by atoms with Crippen molar-refractivity contribution in [1.29, 1.82) is 0 Å². The smallest absolute Gasteiger partial charge is 0.229 e. The number of ketones is 1. The average Bonchev–Trinajstić information content (AvgIpc) is 3.22. The van der Waals surface area contributed by atoms with E-state index < -0.39 is 21.6 Å². The molecule has 0 unspecified atom stereocenters. The second kappa shape index (κ2) is 10.6. The Bertz CT molecular complexity index is 1430. The summed E-state index contributed by atoms with van der Waals surface area (Å²) < 4.78 is 40.4. The number of hydrogen-bond donors (Lipinski definition) is 2. The Kier molecular flexibility index (Phi) is 8.34. The van der Waals surface area contributed by atoms with Gasteiger partial charge >= 0.3 is 0 Å². The number of nitrogens with zero attached hydrogens (tertiary/aromatic N) is 1. The molecule has 180 valence electrons. The zero-order valence-corrected chi connectivity index (χ0v) is 20.0. The fourth-order valence-electron chi connectivity index (χ4n) is 3.71. The number of aryl methyl sites for hydroxylation is 2. The molecule has 4 aromatic rings. The molecule has 2 aromatic heterocycles. The van der Waals surface area contributed by atoms with Gasteiger partial charge in [-0.2, -0.15) is 0 Å². The largest absolute Gasteiger partial charge is 0.345 e. The molecule has 0 amide bonds. The third-order valence-corrected chi connectivity index (χ3v) is 5.75. The van der Waals surface area contributed by atoms with Gasteiger partial charge in [0.05, 0.1) is 17.5 Å². The first-order valence-electron chi connectivity index (χ1n) is 10.5. The molecule has 0 saturated heterocycles. The van der Waals surface area contributed by atoms with Gasteiger partial charge in [0.1, 0.15) is 5.65 Å². The van der Waals surface area contributed by atoms with Crippen LogP contribution < -0.4 is 4.72 Å². The van der Waals surface area contributed by atoms with Gasteiger partial charge in [-0.25, -0.2) is 17.8 Å². The second-order valence-corrected chi connectivity index (χ2v) is 9.16. The van der Waals surface area contributed by atoms with Crippen molar-refractivity contribution in [3.63, 3.8) is 0 Å². The van der Waals surface area contributed by atoms with Crippen LogP contribution in [0, 0.1) is 19.7 Å². The maximum absolute atomic E-state index is 15.2. The summed E-state index contributed by atoms with van der Waals surface area (Å²) in [7, 11) is -3.70. The Balaban J connectivity index is 0.00000133. The van der Waals surface area contributed by atoms with Crippen LogP contribution in [-0.2, 0) is 10.0 Å². The minimum atomic E-state index is -3.70. The van der Waals surface area contributed by atoms with Crippen LogP contribution in [0.5, 0.6) is 0 Å². The second-order valence-electron chi connectivity index (χ2n) is 7.41. The van der Waals surface area contributed by atoms with Crippen LogP contribution >= 0.6 is 0 Å². The van der Waals surface area contributed by atoms with Gasteiger partial charge in [-0.05, 0) is 36.6 Å². The normalized spacial score (nSPS) is 10.8. The van der Waals surface area contributed by atoms with Gasteiger partial charge in [0.25, 0.3) is 0 Å². The van der Waals surface area contributed by atoms with Gasteiger partial charge in [0.15, 0.2) is 11.6 Å². The molecule has 2 aromatic carbocycles. The summed E-state index contributed by atoms with van der Waals surface area (Å²) in [5.74, 6) is -1.46. The van der Waals surface area contributed by atoms with E-state index in [2.05, 4.69) is 14.7 Å². The Labute approximate surface area is 200 Å². The van der Waals surface area contributed by atoms with Crippen molar-refractivity contribution in [2.24, 2.45) is 0 Å². The van der Waals surface area contributed by atoms with Gasteiger partial charge in [-0.1, -0.05) is 57.7 Å². The summed E-state index contributed by atoms with van der Waals surface area (Å²) in [6.45, 7) is 7.50. The summed E-state index contributed by atoms with van der Waals surface area (Å²) in [6.07, 6.45) is 4.17. The Hall–Kier alpha value is -3.52. The fraction of sp³-hybridized carbons (Fsp3) is 0.231. The molecule has 0 bridgehead atoms. The minimum Gasteiger partial charge on any atom is -0.345 e. The molecule has 0 fully saturated rings. The fourth-order valence-corrected chi connectivity index (χ4v) is 4.26. The summed E-state index contributed by atoms with van der Waals surface area (Å²) in [5, 5.41) is 0.603. The monoisotopic (exact) mass is 483 g/mol. The number of aromatic amines is 1. The standard InChI is InChI=1S/C23H20FN3O3S.C2H6.CH4/c1-13-9-10-18(27-31(3,29)30)21(24)19(13)22(28)17-12-26-23-20(17)14(2)16(11-25-23)15-7-5-4-6-8-15;1-2;/h4-12,27H,1-3H3,(H,25,26);1-2H3;1H4. The first-order chi connectivity index (χ1) is 15.7. The Morgan fingerprint density at radius 1 is 1.06 bits per heavy atom. The van der Waals surface area contributed by atoms with E-state index in [-0.39, 0.29) is 24.2 Å². The van der Waals surface area contributed by atoms with Crippen molar-refractivity contribution < 1.29 is 17.6 Å². The lowest BCUT2D eigenvalue weighted by Gasteiger charge is -2.12. The van der Waals surface area contributed by atoms with Gasteiger partial charge in [-0.15, -0.1) is 0 Å². The number of aromatic nitrogens is 2. The third kappa shape index (κ3) is 5.17.